The van der Waals surface area contributed by atoms with E-state index in [1.165, 1.54) is 38.2 Å². The zero-order valence-corrected chi connectivity index (χ0v) is 12.7. The second-order valence-electron chi connectivity index (χ2n) is 5.62. The number of nitrogens with two attached hydrogens (primary N) is 1. The summed E-state index contributed by atoms with van der Waals surface area (Å²) in [7, 11) is 0. The molecule has 2 heterocycles. The molecule has 2 rings (SSSR count). The van der Waals surface area contributed by atoms with Gasteiger partial charge in [-0.1, -0.05) is 6.92 Å². The molecule has 1 aromatic rings. The molecule has 1 aromatic heterocycles. The molecular weight excluding hydrogens is 248 g/mol. The smallest absolute Gasteiger partial charge is 0.0270 e. The van der Waals surface area contributed by atoms with Crippen molar-refractivity contribution in [1.82, 2.24) is 14.8 Å². The molecule has 1 fully saturated rings. The Bertz CT molecular complexity index is 360. The molecule has 0 radical (unpaired) electrons. The van der Waals surface area contributed by atoms with Crippen molar-refractivity contribution in [3.05, 3.63) is 30.1 Å². The molecule has 1 unspecified atom stereocenters. The minimum Gasteiger partial charge on any atom is -0.330 e. The monoisotopic (exact) mass is 276 g/mol. The SMILES string of the molecule is CCC(CCN)N1CCN(CCc2ccncc2)CC1. The summed E-state index contributed by atoms with van der Waals surface area (Å²) in [5.41, 5.74) is 7.09. The second-order valence-corrected chi connectivity index (χ2v) is 5.62. The van der Waals surface area contributed by atoms with Gasteiger partial charge in [0.1, 0.15) is 0 Å². The summed E-state index contributed by atoms with van der Waals surface area (Å²) < 4.78 is 0. The van der Waals surface area contributed by atoms with E-state index in [2.05, 4.69) is 33.8 Å². The predicted octanol–water partition coefficient (Wildman–Crippen LogP) is 1.37. The highest BCUT2D eigenvalue weighted by Crippen LogP contribution is 2.12. The zero-order valence-electron chi connectivity index (χ0n) is 12.7. The third-order valence-corrected chi connectivity index (χ3v) is 4.36. The minimum atomic E-state index is 0.683. The van der Waals surface area contributed by atoms with Gasteiger partial charge >= 0.3 is 0 Å². The first-order valence-corrected chi connectivity index (χ1v) is 7.89. The summed E-state index contributed by atoms with van der Waals surface area (Å²) in [6.45, 7) is 8.99. The van der Waals surface area contributed by atoms with E-state index < -0.39 is 0 Å². The van der Waals surface area contributed by atoms with E-state index in [1.807, 2.05) is 12.4 Å². The first kappa shape index (κ1) is 15.4. The third kappa shape index (κ3) is 4.54. The molecule has 1 aliphatic heterocycles. The van der Waals surface area contributed by atoms with E-state index in [4.69, 9.17) is 5.73 Å². The number of piperazine rings is 1. The van der Waals surface area contributed by atoms with Crippen LogP contribution in [-0.4, -0.2) is 60.1 Å². The molecule has 4 heteroatoms. The first-order valence-electron chi connectivity index (χ1n) is 7.89. The maximum Gasteiger partial charge on any atom is 0.0270 e. The van der Waals surface area contributed by atoms with Crippen LogP contribution in [0.25, 0.3) is 0 Å². The quantitative estimate of drug-likeness (QED) is 0.817. The van der Waals surface area contributed by atoms with Gasteiger partial charge in [0, 0.05) is 51.2 Å². The van der Waals surface area contributed by atoms with Crippen molar-refractivity contribution in [2.45, 2.75) is 32.2 Å². The molecule has 4 nitrogen and oxygen atoms in total. The molecule has 0 bridgehead atoms. The molecule has 2 N–H and O–H groups in total. The maximum absolute atomic E-state index is 5.71. The van der Waals surface area contributed by atoms with E-state index >= 15 is 0 Å². The summed E-state index contributed by atoms with van der Waals surface area (Å²) in [4.78, 5) is 9.26. The number of pyridine rings is 1. The van der Waals surface area contributed by atoms with Crippen LogP contribution in [0, 0.1) is 0 Å². The van der Waals surface area contributed by atoms with Gasteiger partial charge < -0.3 is 10.6 Å². The Kier molecular flexibility index (Phi) is 6.43. The van der Waals surface area contributed by atoms with Crippen LogP contribution in [0.1, 0.15) is 25.3 Å². The molecule has 1 atom stereocenters. The fourth-order valence-corrected chi connectivity index (χ4v) is 3.03. The highest BCUT2D eigenvalue weighted by atomic mass is 15.3. The lowest BCUT2D eigenvalue weighted by molar-refractivity contribution is 0.0917. The van der Waals surface area contributed by atoms with Crippen LogP contribution in [0.15, 0.2) is 24.5 Å². The normalized spacial score (nSPS) is 19.1. The van der Waals surface area contributed by atoms with Crippen LogP contribution in [0.3, 0.4) is 0 Å². The number of hydrogen-bond donors (Lipinski definition) is 1. The van der Waals surface area contributed by atoms with Gasteiger partial charge in [-0.15, -0.1) is 0 Å². The average molecular weight is 276 g/mol. The predicted molar refractivity (Wildman–Crippen MR) is 83.7 cm³/mol. The summed E-state index contributed by atoms with van der Waals surface area (Å²) in [5, 5.41) is 0. The second kappa shape index (κ2) is 8.35. The molecule has 1 saturated heterocycles. The lowest BCUT2D eigenvalue weighted by Crippen LogP contribution is -2.50. The van der Waals surface area contributed by atoms with Crippen LogP contribution in [0.2, 0.25) is 0 Å². The van der Waals surface area contributed by atoms with Crippen LogP contribution in [0.4, 0.5) is 0 Å². The summed E-state index contributed by atoms with van der Waals surface area (Å²) >= 11 is 0. The van der Waals surface area contributed by atoms with Crippen molar-refractivity contribution in [2.24, 2.45) is 5.73 Å². The maximum atomic E-state index is 5.71. The first-order chi connectivity index (χ1) is 9.83. The molecule has 0 amide bonds. The van der Waals surface area contributed by atoms with Crippen LogP contribution < -0.4 is 5.73 Å². The number of rotatable bonds is 7. The third-order valence-electron chi connectivity index (χ3n) is 4.36. The number of nitrogens with zero attached hydrogens (tertiary/aromatic N) is 3. The average Bonchev–Trinajstić information content (AvgIpc) is 2.52. The zero-order chi connectivity index (χ0) is 14.2. The van der Waals surface area contributed by atoms with E-state index in [-0.39, 0.29) is 0 Å². The van der Waals surface area contributed by atoms with E-state index in [0.29, 0.717) is 6.04 Å². The van der Waals surface area contributed by atoms with Crippen LogP contribution in [0.5, 0.6) is 0 Å². The van der Waals surface area contributed by atoms with Gasteiger partial charge in [0.15, 0.2) is 0 Å². The van der Waals surface area contributed by atoms with E-state index in [1.54, 1.807) is 0 Å². The Morgan fingerprint density at radius 1 is 1.20 bits per heavy atom. The fraction of sp³-hybridized carbons (Fsp3) is 0.688. The Hall–Kier alpha value is -0.970. The molecule has 0 aliphatic carbocycles. The topological polar surface area (TPSA) is 45.4 Å². The molecule has 1 aliphatic rings. The largest absolute Gasteiger partial charge is 0.330 e. The van der Waals surface area contributed by atoms with E-state index in [0.717, 1.165) is 25.9 Å². The Morgan fingerprint density at radius 3 is 2.50 bits per heavy atom. The number of hydrogen-bond acceptors (Lipinski definition) is 4. The lowest BCUT2D eigenvalue weighted by Gasteiger charge is -2.39. The Balaban J connectivity index is 1.71. The highest BCUT2D eigenvalue weighted by molar-refractivity contribution is 5.09. The highest BCUT2D eigenvalue weighted by Gasteiger charge is 2.21. The summed E-state index contributed by atoms with van der Waals surface area (Å²) in [6.07, 6.45) is 7.24. The van der Waals surface area contributed by atoms with Crippen molar-refractivity contribution >= 4 is 0 Å². The van der Waals surface area contributed by atoms with Gasteiger partial charge in [0.05, 0.1) is 0 Å². The van der Waals surface area contributed by atoms with Gasteiger partial charge in [-0.3, -0.25) is 9.88 Å². The Morgan fingerprint density at radius 2 is 1.90 bits per heavy atom. The van der Waals surface area contributed by atoms with Crippen molar-refractivity contribution in [3.8, 4) is 0 Å². The summed E-state index contributed by atoms with van der Waals surface area (Å²) in [6, 6.07) is 4.91. The van der Waals surface area contributed by atoms with Crippen molar-refractivity contribution in [2.75, 3.05) is 39.3 Å². The number of aromatic nitrogens is 1. The van der Waals surface area contributed by atoms with Crippen molar-refractivity contribution < 1.29 is 0 Å². The fourth-order valence-electron chi connectivity index (χ4n) is 3.03. The van der Waals surface area contributed by atoms with Crippen LogP contribution >= 0.6 is 0 Å². The van der Waals surface area contributed by atoms with Gasteiger partial charge in [-0.05, 0) is 43.5 Å². The van der Waals surface area contributed by atoms with Crippen molar-refractivity contribution in [3.63, 3.8) is 0 Å². The molecule has 20 heavy (non-hydrogen) atoms. The lowest BCUT2D eigenvalue weighted by atomic mass is 10.1. The van der Waals surface area contributed by atoms with Gasteiger partial charge in [0.25, 0.3) is 0 Å². The van der Waals surface area contributed by atoms with Gasteiger partial charge in [0.2, 0.25) is 0 Å². The minimum absolute atomic E-state index is 0.683. The van der Waals surface area contributed by atoms with Gasteiger partial charge in [-0.25, -0.2) is 0 Å². The summed E-state index contributed by atoms with van der Waals surface area (Å²) in [5.74, 6) is 0. The van der Waals surface area contributed by atoms with E-state index in [9.17, 15) is 0 Å². The molecular formula is C16H28N4. The van der Waals surface area contributed by atoms with Crippen LogP contribution in [-0.2, 0) is 6.42 Å². The Labute approximate surface area is 123 Å². The van der Waals surface area contributed by atoms with Gasteiger partial charge in [-0.2, -0.15) is 0 Å². The molecule has 0 spiro atoms. The molecule has 112 valence electrons. The standard InChI is InChI=1S/C16H28N4/c1-2-16(3-7-17)20-13-11-19(12-14-20)10-6-15-4-8-18-9-5-15/h4-5,8-9,16H,2-3,6-7,10-14,17H2,1H3. The van der Waals surface area contributed by atoms with Crippen molar-refractivity contribution in [1.29, 1.82) is 0 Å². The molecule has 0 saturated carbocycles. The molecule has 0 aromatic carbocycles.